The van der Waals surface area contributed by atoms with Gasteiger partial charge in [-0.05, 0) is 78.3 Å². The first-order valence-corrected chi connectivity index (χ1v) is 10.5. The van der Waals surface area contributed by atoms with Crippen molar-refractivity contribution < 1.29 is 14.3 Å². The Kier molecular flexibility index (Phi) is 6.33. The largest absolute Gasteiger partial charge is 0.496 e. The lowest BCUT2D eigenvalue weighted by Gasteiger charge is -2.10. The number of carbonyl (C=O) groups excluding carboxylic acids is 1. The molecule has 0 saturated carbocycles. The van der Waals surface area contributed by atoms with Crippen LogP contribution in [-0.2, 0) is 25.9 Å². The second-order valence-corrected chi connectivity index (χ2v) is 7.59. The van der Waals surface area contributed by atoms with Gasteiger partial charge in [-0.2, -0.15) is 0 Å². The predicted molar refractivity (Wildman–Crippen MR) is 118 cm³/mol. The molecule has 1 aliphatic carbocycles. The fraction of sp³-hybridized carbons (Fsp3) is 0.269. The van der Waals surface area contributed by atoms with E-state index in [0.717, 1.165) is 35.5 Å². The number of nitrogens with one attached hydrogen (secondary N) is 1. The van der Waals surface area contributed by atoms with Crippen molar-refractivity contribution in [3.8, 4) is 11.5 Å². The fourth-order valence-electron chi connectivity index (χ4n) is 3.88. The van der Waals surface area contributed by atoms with Crippen molar-refractivity contribution in [2.45, 2.75) is 32.3 Å². The van der Waals surface area contributed by atoms with Crippen LogP contribution >= 0.6 is 0 Å². The van der Waals surface area contributed by atoms with E-state index in [1.165, 1.54) is 24.0 Å². The van der Waals surface area contributed by atoms with Gasteiger partial charge in [0.05, 0.1) is 7.11 Å². The van der Waals surface area contributed by atoms with Gasteiger partial charge < -0.3 is 14.8 Å². The lowest BCUT2D eigenvalue weighted by Crippen LogP contribution is -2.25. The Balaban J connectivity index is 1.27. The molecular weight excluding hydrogens is 374 g/mol. The summed E-state index contributed by atoms with van der Waals surface area (Å²) >= 11 is 0. The molecule has 0 heterocycles. The van der Waals surface area contributed by atoms with Gasteiger partial charge >= 0.3 is 0 Å². The van der Waals surface area contributed by atoms with Gasteiger partial charge in [0.25, 0.3) is 5.91 Å². The smallest absolute Gasteiger partial charge is 0.251 e. The molecular formula is C26H27NO3. The van der Waals surface area contributed by atoms with Gasteiger partial charge in [0.15, 0.2) is 0 Å². The molecule has 4 rings (SSSR count). The molecule has 30 heavy (non-hydrogen) atoms. The number of rotatable bonds is 8. The first kappa shape index (κ1) is 20.0. The third-order valence-corrected chi connectivity index (χ3v) is 5.56. The number of amides is 1. The third kappa shape index (κ3) is 4.82. The normalized spacial score (nSPS) is 12.3. The van der Waals surface area contributed by atoms with Crippen LogP contribution in [0.5, 0.6) is 11.5 Å². The predicted octanol–water partition coefficient (Wildman–Crippen LogP) is 4.74. The molecule has 0 aromatic heterocycles. The van der Waals surface area contributed by atoms with E-state index in [-0.39, 0.29) is 5.91 Å². The summed E-state index contributed by atoms with van der Waals surface area (Å²) < 4.78 is 11.3. The van der Waals surface area contributed by atoms with Gasteiger partial charge in [0.2, 0.25) is 0 Å². The highest BCUT2D eigenvalue weighted by molar-refractivity contribution is 5.94. The number of carbonyl (C=O) groups is 1. The number of para-hydroxylation sites is 1. The highest BCUT2D eigenvalue weighted by Crippen LogP contribution is 2.26. The lowest BCUT2D eigenvalue weighted by molar-refractivity contribution is 0.0954. The number of ether oxygens (including phenoxy) is 2. The van der Waals surface area contributed by atoms with Crippen LogP contribution in [0.2, 0.25) is 0 Å². The van der Waals surface area contributed by atoms with Crippen LogP contribution in [0.4, 0.5) is 0 Å². The summed E-state index contributed by atoms with van der Waals surface area (Å²) in [5.41, 5.74) is 5.63. The molecule has 3 aromatic rings. The number of aryl methyl sites for hydroxylation is 2. The average molecular weight is 402 g/mol. The van der Waals surface area contributed by atoms with Crippen LogP contribution in [0.3, 0.4) is 0 Å². The van der Waals surface area contributed by atoms with Crippen molar-refractivity contribution in [1.82, 2.24) is 5.32 Å². The monoisotopic (exact) mass is 401 g/mol. The van der Waals surface area contributed by atoms with Crippen molar-refractivity contribution in [2.24, 2.45) is 0 Å². The molecule has 0 saturated heterocycles. The van der Waals surface area contributed by atoms with Crippen LogP contribution in [-0.4, -0.2) is 19.6 Å². The summed E-state index contributed by atoms with van der Waals surface area (Å²) in [6.07, 6.45) is 4.29. The Hall–Kier alpha value is -3.27. The highest BCUT2D eigenvalue weighted by atomic mass is 16.5. The molecule has 0 bridgehead atoms. The maximum atomic E-state index is 12.4. The lowest BCUT2D eigenvalue weighted by atomic mass is 10.1. The minimum Gasteiger partial charge on any atom is -0.496 e. The molecule has 3 aromatic carbocycles. The second-order valence-electron chi connectivity index (χ2n) is 7.59. The molecule has 0 aliphatic heterocycles. The van der Waals surface area contributed by atoms with E-state index in [9.17, 15) is 4.79 Å². The molecule has 4 nitrogen and oxygen atoms in total. The van der Waals surface area contributed by atoms with Gasteiger partial charge in [-0.3, -0.25) is 4.79 Å². The zero-order valence-electron chi connectivity index (χ0n) is 17.3. The minimum absolute atomic E-state index is 0.0732. The zero-order valence-corrected chi connectivity index (χ0v) is 17.3. The Morgan fingerprint density at radius 2 is 1.77 bits per heavy atom. The van der Waals surface area contributed by atoms with E-state index in [4.69, 9.17) is 9.47 Å². The van der Waals surface area contributed by atoms with Crippen LogP contribution in [0, 0.1) is 0 Å². The quantitative estimate of drug-likeness (QED) is 0.593. The number of benzene rings is 3. The first-order valence-electron chi connectivity index (χ1n) is 10.5. The maximum Gasteiger partial charge on any atom is 0.251 e. The molecule has 1 amide bonds. The summed E-state index contributed by atoms with van der Waals surface area (Å²) in [6, 6.07) is 21.8. The van der Waals surface area contributed by atoms with E-state index in [2.05, 4.69) is 17.4 Å². The van der Waals surface area contributed by atoms with E-state index in [1.807, 2.05) is 54.6 Å². The van der Waals surface area contributed by atoms with Crippen molar-refractivity contribution in [1.29, 1.82) is 0 Å². The zero-order chi connectivity index (χ0) is 20.8. The Morgan fingerprint density at radius 3 is 2.60 bits per heavy atom. The third-order valence-electron chi connectivity index (χ3n) is 5.56. The van der Waals surface area contributed by atoms with Gasteiger partial charge in [-0.1, -0.05) is 36.4 Å². The van der Waals surface area contributed by atoms with E-state index in [1.54, 1.807) is 7.11 Å². The molecule has 0 unspecified atom stereocenters. The van der Waals surface area contributed by atoms with Crippen LogP contribution in [0.15, 0.2) is 66.7 Å². The molecule has 0 spiro atoms. The Bertz CT molecular complexity index is 1010. The number of methoxy groups -OCH3 is 1. The van der Waals surface area contributed by atoms with Crippen molar-refractivity contribution in [2.75, 3.05) is 13.7 Å². The Labute approximate surface area is 177 Å². The number of hydrogen-bond donors (Lipinski definition) is 1. The van der Waals surface area contributed by atoms with Crippen LogP contribution < -0.4 is 14.8 Å². The minimum atomic E-state index is -0.0732. The average Bonchev–Trinajstić information content (AvgIpc) is 3.26. The first-order chi connectivity index (χ1) is 14.7. The Morgan fingerprint density at radius 1 is 0.967 bits per heavy atom. The molecule has 0 fully saturated rings. The van der Waals surface area contributed by atoms with Crippen molar-refractivity contribution in [3.63, 3.8) is 0 Å². The SMILES string of the molecule is COc1ccccc1CCNC(=O)c1ccc(COc2ccc3c(c2)CCC3)cc1. The summed E-state index contributed by atoms with van der Waals surface area (Å²) in [5.74, 6) is 1.68. The van der Waals surface area contributed by atoms with Crippen LogP contribution in [0.25, 0.3) is 0 Å². The summed E-state index contributed by atoms with van der Waals surface area (Å²) in [4.78, 5) is 12.4. The fourth-order valence-corrected chi connectivity index (χ4v) is 3.88. The van der Waals surface area contributed by atoms with Crippen LogP contribution in [0.1, 0.15) is 39.0 Å². The van der Waals surface area contributed by atoms with Gasteiger partial charge in [0.1, 0.15) is 18.1 Å². The molecule has 154 valence electrons. The molecule has 0 radical (unpaired) electrons. The topological polar surface area (TPSA) is 47.6 Å². The number of fused-ring (bicyclic) bond motifs is 1. The molecule has 4 heteroatoms. The van der Waals surface area contributed by atoms with E-state index < -0.39 is 0 Å². The summed E-state index contributed by atoms with van der Waals surface area (Å²) in [5, 5.41) is 2.97. The van der Waals surface area contributed by atoms with Gasteiger partial charge in [-0.15, -0.1) is 0 Å². The highest BCUT2D eigenvalue weighted by Gasteiger charge is 2.11. The van der Waals surface area contributed by atoms with Gasteiger partial charge in [0, 0.05) is 12.1 Å². The second kappa shape index (κ2) is 9.49. The van der Waals surface area contributed by atoms with Gasteiger partial charge in [-0.25, -0.2) is 0 Å². The molecule has 1 aliphatic rings. The van der Waals surface area contributed by atoms with Crippen molar-refractivity contribution >= 4 is 5.91 Å². The summed E-state index contributed by atoms with van der Waals surface area (Å²) in [7, 11) is 1.66. The number of hydrogen-bond acceptors (Lipinski definition) is 3. The van der Waals surface area contributed by atoms with Crippen molar-refractivity contribution in [3.05, 3.63) is 94.5 Å². The van der Waals surface area contributed by atoms with E-state index >= 15 is 0 Å². The standard InChI is InChI=1S/C26H27NO3/c1-29-25-8-3-2-5-21(25)15-16-27-26(28)22-11-9-19(10-12-22)18-30-24-14-13-20-6-4-7-23(20)17-24/h2-3,5,8-14,17H,4,6-7,15-16,18H2,1H3,(H,27,28). The summed E-state index contributed by atoms with van der Waals surface area (Å²) in [6.45, 7) is 1.05. The molecule has 0 atom stereocenters. The maximum absolute atomic E-state index is 12.4. The molecule has 1 N–H and O–H groups in total. The van der Waals surface area contributed by atoms with E-state index in [0.29, 0.717) is 18.7 Å².